The number of aromatic nitrogens is 2. The van der Waals surface area contributed by atoms with Crippen molar-refractivity contribution in [1.29, 1.82) is 0 Å². The molecule has 9 heteroatoms. The van der Waals surface area contributed by atoms with E-state index >= 15 is 0 Å². The van der Waals surface area contributed by atoms with Crippen molar-refractivity contribution in [2.24, 2.45) is 11.8 Å². The second-order valence-electron chi connectivity index (χ2n) is 9.57. The number of aromatic amines is 1. The third-order valence-electron chi connectivity index (χ3n) is 6.93. The molecule has 0 unspecified atom stereocenters. The first-order chi connectivity index (χ1) is 15.6. The molecule has 3 fully saturated rings. The van der Waals surface area contributed by atoms with Crippen molar-refractivity contribution in [2.75, 3.05) is 39.3 Å². The van der Waals surface area contributed by atoms with Crippen LogP contribution < -0.4 is 15.6 Å². The lowest BCUT2D eigenvalue weighted by Gasteiger charge is -2.35. The summed E-state index contributed by atoms with van der Waals surface area (Å²) in [5.74, 6) is 2.56. The molecule has 2 aliphatic heterocycles. The van der Waals surface area contributed by atoms with Crippen LogP contribution in [0.25, 0.3) is 10.9 Å². The number of piperidine rings is 2. The highest BCUT2D eigenvalue weighted by Gasteiger charge is 2.24. The summed E-state index contributed by atoms with van der Waals surface area (Å²) in [6.45, 7) is 6.45. The summed E-state index contributed by atoms with van der Waals surface area (Å²) in [4.78, 5) is 22.5. The molecule has 0 radical (unpaired) electrons. The molecule has 5 rings (SSSR count). The zero-order valence-corrected chi connectivity index (χ0v) is 20.6. The fourth-order valence-corrected chi connectivity index (χ4v) is 5.86. The smallest absolute Gasteiger partial charge is 0.261 e. The molecule has 2 N–H and O–H groups in total. The number of thioether (sulfide) groups is 1. The number of ether oxygens (including phenoxy) is 1. The van der Waals surface area contributed by atoms with E-state index in [0.717, 1.165) is 32.1 Å². The van der Waals surface area contributed by atoms with Crippen molar-refractivity contribution < 1.29 is 9.13 Å². The van der Waals surface area contributed by atoms with Crippen molar-refractivity contribution in [3.8, 4) is 5.75 Å². The first-order valence-electron chi connectivity index (χ1n) is 12.0. The maximum atomic E-state index is 14.5. The van der Waals surface area contributed by atoms with Crippen LogP contribution in [0.2, 0.25) is 0 Å². The number of halogens is 2. The molecule has 33 heavy (non-hydrogen) atoms. The molecule has 1 aromatic heterocycles. The Hall–Kier alpha value is -1.35. The van der Waals surface area contributed by atoms with Crippen molar-refractivity contribution in [2.45, 2.75) is 49.5 Å². The molecule has 0 spiro atoms. The van der Waals surface area contributed by atoms with Gasteiger partial charge in [-0.15, -0.1) is 12.4 Å². The summed E-state index contributed by atoms with van der Waals surface area (Å²) in [5.41, 5.74) is -0.0272. The SMILES string of the molecule is Cl.O=c1[nH]c(CSC2CCN(CC3CCNCC3)CC2)nc2cc(OCC3CC3)cc(F)c12. The van der Waals surface area contributed by atoms with E-state index < -0.39 is 11.4 Å². The number of hydrogen-bond donors (Lipinski definition) is 2. The monoisotopic (exact) mass is 496 g/mol. The first kappa shape index (κ1) is 24.8. The van der Waals surface area contributed by atoms with Crippen LogP contribution in [0.15, 0.2) is 16.9 Å². The van der Waals surface area contributed by atoms with Crippen LogP contribution in [0.4, 0.5) is 4.39 Å². The van der Waals surface area contributed by atoms with Gasteiger partial charge in [-0.3, -0.25) is 4.79 Å². The third kappa shape index (κ3) is 6.62. The highest BCUT2D eigenvalue weighted by Crippen LogP contribution is 2.31. The number of benzene rings is 1. The van der Waals surface area contributed by atoms with Gasteiger partial charge in [-0.05, 0) is 76.5 Å². The van der Waals surface area contributed by atoms with Crippen LogP contribution >= 0.6 is 24.2 Å². The van der Waals surface area contributed by atoms with Crippen molar-refractivity contribution in [3.63, 3.8) is 0 Å². The fourth-order valence-electron chi connectivity index (χ4n) is 4.78. The van der Waals surface area contributed by atoms with E-state index in [0.29, 0.717) is 40.6 Å². The summed E-state index contributed by atoms with van der Waals surface area (Å²) < 4.78 is 20.2. The number of fused-ring (bicyclic) bond motifs is 1. The molecule has 0 bridgehead atoms. The van der Waals surface area contributed by atoms with Gasteiger partial charge in [-0.25, -0.2) is 9.37 Å². The van der Waals surface area contributed by atoms with Gasteiger partial charge < -0.3 is 19.9 Å². The number of hydrogen-bond acceptors (Lipinski definition) is 6. The fraction of sp³-hybridized carbons (Fsp3) is 0.667. The van der Waals surface area contributed by atoms with E-state index in [1.54, 1.807) is 6.07 Å². The van der Waals surface area contributed by atoms with Gasteiger partial charge >= 0.3 is 0 Å². The van der Waals surface area contributed by atoms with Gasteiger partial charge in [0.1, 0.15) is 22.8 Å². The minimum absolute atomic E-state index is 0. The summed E-state index contributed by atoms with van der Waals surface area (Å²) in [5, 5.41) is 4.04. The molecule has 0 atom stereocenters. The second-order valence-corrected chi connectivity index (χ2v) is 10.9. The van der Waals surface area contributed by atoms with Gasteiger partial charge in [0.25, 0.3) is 5.56 Å². The van der Waals surface area contributed by atoms with Crippen molar-refractivity contribution in [1.82, 2.24) is 20.2 Å². The Morgan fingerprint density at radius 2 is 1.85 bits per heavy atom. The van der Waals surface area contributed by atoms with Gasteiger partial charge in [-0.2, -0.15) is 11.8 Å². The molecule has 1 aliphatic carbocycles. The Kier molecular flexibility index (Phi) is 8.54. The molecular weight excluding hydrogens is 463 g/mol. The first-order valence-corrected chi connectivity index (χ1v) is 13.1. The quantitative estimate of drug-likeness (QED) is 0.576. The number of likely N-dealkylation sites (tertiary alicyclic amines) is 1. The average molecular weight is 497 g/mol. The lowest BCUT2D eigenvalue weighted by atomic mass is 9.96. The molecule has 6 nitrogen and oxygen atoms in total. The Bertz CT molecular complexity index is 988. The predicted octanol–water partition coefficient (Wildman–Crippen LogP) is 3.97. The van der Waals surface area contributed by atoms with E-state index in [9.17, 15) is 9.18 Å². The van der Waals surface area contributed by atoms with Crippen LogP contribution in [0, 0.1) is 17.7 Å². The highest BCUT2D eigenvalue weighted by molar-refractivity contribution is 7.99. The molecule has 3 heterocycles. The van der Waals surface area contributed by atoms with Crippen LogP contribution in [-0.4, -0.2) is 59.4 Å². The molecule has 0 amide bonds. The van der Waals surface area contributed by atoms with E-state index in [1.807, 2.05) is 11.8 Å². The summed E-state index contributed by atoms with van der Waals surface area (Å²) >= 11 is 1.85. The van der Waals surface area contributed by atoms with Gasteiger partial charge in [0, 0.05) is 23.9 Å². The second kappa shape index (κ2) is 11.4. The highest BCUT2D eigenvalue weighted by atomic mass is 35.5. The van der Waals surface area contributed by atoms with Gasteiger partial charge in [-0.1, -0.05) is 0 Å². The topological polar surface area (TPSA) is 70.2 Å². The van der Waals surface area contributed by atoms with E-state index in [4.69, 9.17) is 4.74 Å². The summed E-state index contributed by atoms with van der Waals surface area (Å²) in [6.07, 6.45) is 7.27. The number of nitrogens with zero attached hydrogens (tertiary/aromatic N) is 2. The van der Waals surface area contributed by atoms with Gasteiger partial charge in [0.2, 0.25) is 0 Å². The molecule has 2 saturated heterocycles. The lowest BCUT2D eigenvalue weighted by Crippen LogP contribution is -2.40. The maximum absolute atomic E-state index is 14.5. The van der Waals surface area contributed by atoms with E-state index in [2.05, 4.69) is 20.2 Å². The average Bonchev–Trinajstić information content (AvgIpc) is 3.62. The number of H-pyrrole nitrogens is 1. The van der Waals surface area contributed by atoms with Crippen LogP contribution in [-0.2, 0) is 5.75 Å². The zero-order valence-electron chi connectivity index (χ0n) is 19.0. The molecule has 3 aliphatic rings. The Labute approximate surface area is 204 Å². The van der Waals surface area contributed by atoms with Crippen molar-refractivity contribution in [3.05, 3.63) is 34.1 Å². The summed E-state index contributed by atoms with van der Waals surface area (Å²) in [7, 11) is 0. The molecule has 2 aromatic rings. The third-order valence-corrected chi connectivity index (χ3v) is 8.31. The zero-order chi connectivity index (χ0) is 21.9. The predicted molar refractivity (Wildman–Crippen MR) is 134 cm³/mol. The number of rotatable bonds is 8. The Morgan fingerprint density at radius 1 is 1.09 bits per heavy atom. The lowest BCUT2D eigenvalue weighted by molar-refractivity contribution is 0.180. The standard InChI is InChI=1S/C24H33FN4O2S.ClH/c25-20-11-18(31-14-17-1-2-17)12-21-23(20)24(30)28-22(27-21)15-32-19-5-9-29(10-6-19)13-16-3-7-26-8-4-16;/h11-12,16-17,19,26H,1-10,13-15H2,(H,27,28,30);1H. The normalized spacial score (nSPS) is 20.6. The minimum atomic E-state index is -0.567. The van der Waals surface area contributed by atoms with Crippen LogP contribution in [0.5, 0.6) is 5.75 Å². The number of nitrogens with one attached hydrogen (secondary N) is 2. The maximum Gasteiger partial charge on any atom is 0.261 e. The van der Waals surface area contributed by atoms with Crippen molar-refractivity contribution >= 4 is 35.1 Å². The van der Waals surface area contributed by atoms with Gasteiger partial charge in [0.15, 0.2) is 0 Å². The summed E-state index contributed by atoms with van der Waals surface area (Å²) in [6, 6.07) is 3.00. The largest absolute Gasteiger partial charge is 0.493 e. The Balaban J connectivity index is 0.00000259. The molecule has 1 saturated carbocycles. The van der Waals surface area contributed by atoms with Crippen LogP contribution in [0.3, 0.4) is 0 Å². The van der Waals surface area contributed by atoms with E-state index in [1.165, 1.54) is 51.1 Å². The molecular formula is C24H34ClFN4O2S. The van der Waals surface area contributed by atoms with E-state index in [-0.39, 0.29) is 17.8 Å². The van der Waals surface area contributed by atoms with Crippen LogP contribution in [0.1, 0.15) is 44.3 Å². The molecule has 182 valence electrons. The Morgan fingerprint density at radius 3 is 2.58 bits per heavy atom. The van der Waals surface area contributed by atoms with Gasteiger partial charge in [0.05, 0.1) is 17.9 Å². The minimum Gasteiger partial charge on any atom is -0.493 e. The molecule has 1 aromatic carbocycles.